The number of aromatic nitrogens is 3. The number of amides is 1. The predicted octanol–water partition coefficient (Wildman–Crippen LogP) is 3.69. The number of carbonyl (C=O) groups excluding carboxylic acids is 1. The van der Waals surface area contributed by atoms with Crippen LogP contribution in [-0.4, -0.2) is 40.3 Å². The lowest BCUT2D eigenvalue weighted by molar-refractivity contribution is -0.119. The molecule has 9 heteroatoms. The Hall–Kier alpha value is -3.46. The Morgan fingerprint density at radius 2 is 1.91 bits per heavy atom. The van der Waals surface area contributed by atoms with Crippen molar-refractivity contribution in [2.45, 2.75) is 32.2 Å². The molecule has 1 aromatic carbocycles. The third-order valence-electron chi connectivity index (χ3n) is 6.34. The molecule has 0 saturated carbocycles. The van der Waals surface area contributed by atoms with Gasteiger partial charge in [-0.15, -0.1) is 0 Å². The summed E-state index contributed by atoms with van der Waals surface area (Å²) in [6.07, 6.45) is 5.85. The predicted molar refractivity (Wildman–Crippen MR) is 128 cm³/mol. The Labute approximate surface area is 194 Å². The van der Waals surface area contributed by atoms with Crippen LogP contribution in [0.5, 0.6) is 0 Å². The van der Waals surface area contributed by atoms with Crippen molar-refractivity contribution in [3.63, 3.8) is 0 Å². The highest BCUT2D eigenvalue weighted by atomic mass is 32.1. The lowest BCUT2D eigenvalue weighted by Crippen LogP contribution is -2.36. The highest BCUT2D eigenvalue weighted by Crippen LogP contribution is 2.35. The molecule has 4 aromatic rings. The van der Waals surface area contributed by atoms with Crippen molar-refractivity contribution in [3.05, 3.63) is 58.6 Å². The molecule has 0 radical (unpaired) electrons. The zero-order chi connectivity index (χ0) is 22.4. The summed E-state index contributed by atoms with van der Waals surface area (Å²) in [5.74, 6) is 0.396. The Bertz CT molecular complexity index is 1390. The molecule has 0 unspecified atom stereocenters. The van der Waals surface area contributed by atoms with E-state index in [-0.39, 0.29) is 18.0 Å². The molecule has 0 aliphatic carbocycles. The second-order valence-electron chi connectivity index (χ2n) is 8.43. The lowest BCUT2D eigenvalue weighted by atomic mass is 10.1. The number of nitrogens with zero attached hydrogens (tertiary/aromatic N) is 5. The largest absolute Gasteiger partial charge is 0.463 e. The Balaban J connectivity index is 1.41. The summed E-state index contributed by atoms with van der Waals surface area (Å²) < 4.78 is 7.56. The second-order valence-corrected chi connectivity index (χ2v) is 9.41. The molecule has 1 fully saturated rings. The van der Waals surface area contributed by atoms with Crippen molar-refractivity contribution in [3.8, 4) is 11.5 Å². The first-order valence-corrected chi connectivity index (χ1v) is 12.1. The van der Waals surface area contributed by atoms with E-state index in [2.05, 4.69) is 10.00 Å². The maximum Gasteiger partial charge on any atom is 0.294 e. The number of hydrogen-bond donors (Lipinski definition) is 0. The summed E-state index contributed by atoms with van der Waals surface area (Å²) in [6.45, 7) is 2.33. The molecular formula is C24H23N5O3S. The van der Waals surface area contributed by atoms with Gasteiger partial charge >= 0.3 is 0 Å². The van der Waals surface area contributed by atoms with E-state index in [9.17, 15) is 9.59 Å². The SMILES string of the molecule is O=C(Cn1nc(-c2ccco2)c2sc(N3CCCCC3)nc2c1=O)N1CCc2ccccc21. The zero-order valence-electron chi connectivity index (χ0n) is 18.1. The number of para-hydroxylation sites is 1. The second kappa shape index (κ2) is 8.15. The first kappa shape index (κ1) is 20.2. The topological polar surface area (TPSA) is 84.5 Å². The molecule has 2 aliphatic heterocycles. The van der Waals surface area contributed by atoms with Gasteiger partial charge in [-0.2, -0.15) is 5.10 Å². The van der Waals surface area contributed by atoms with Crippen molar-refractivity contribution in [1.29, 1.82) is 0 Å². The Morgan fingerprint density at radius 1 is 1.06 bits per heavy atom. The number of anilines is 2. The molecule has 6 rings (SSSR count). The van der Waals surface area contributed by atoms with Crippen LogP contribution in [0.3, 0.4) is 0 Å². The van der Waals surface area contributed by atoms with E-state index in [0.29, 0.717) is 28.2 Å². The number of rotatable bonds is 4. The number of piperidine rings is 1. The van der Waals surface area contributed by atoms with Crippen LogP contribution in [-0.2, 0) is 17.8 Å². The van der Waals surface area contributed by atoms with Crippen LogP contribution in [0.1, 0.15) is 24.8 Å². The number of hydrogen-bond acceptors (Lipinski definition) is 7. The summed E-state index contributed by atoms with van der Waals surface area (Å²) in [7, 11) is 0. The molecule has 1 amide bonds. The summed E-state index contributed by atoms with van der Waals surface area (Å²) in [6, 6.07) is 11.5. The van der Waals surface area contributed by atoms with Gasteiger partial charge in [0.15, 0.2) is 16.4 Å². The molecule has 0 spiro atoms. The van der Waals surface area contributed by atoms with Gasteiger partial charge in [-0.3, -0.25) is 9.59 Å². The van der Waals surface area contributed by atoms with Gasteiger partial charge in [-0.05, 0) is 49.4 Å². The molecule has 2 aliphatic rings. The maximum absolute atomic E-state index is 13.4. The van der Waals surface area contributed by atoms with E-state index < -0.39 is 0 Å². The van der Waals surface area contributed by atoms with E-state index in [0.717, 1.165) is 48.7 Å². The van der Waals surface area contributed by atoms with E-state index in [1.54, 1.807) is 17.2 Å². The van der Waals surface area contributed by atoms with Crippen LogP contribution in [0.25, 0.3) is 21.7 Å². The normalized spacial score (nSPS) is 15.9. The summed E-state index contributed by atoms with van der Waals surface area (Å²) >= 11 is 1.47. The minimum atomic E-state index is -0.347. The lowest BCUT2D eigenvalue weighted by Gasteiger charge is -2.25. The standard InChI is InChI=1S/C24H23N5O3S/c30-19(28-13-10-16-7-2-3-8-17(16)28)15-29-23(31)21-22(20(26-29)18-9-6-14-32-18)33-24(25-21)27-11-4-1-5-12-27/h2-3,6-9,14H,1,4-5,10-13,15H2. The minimum absolute atomic E-state index is 0.145. The van der Waals surface area contributed by atoms with Crippen LogP contribution < -0.4 is 15.4 Å². The Kier molecular flexibility index (Phi) is 4.98. The smallest absolute Gasteiger partial charge is 0.294 e. The Morgan fingerprint density at radius 3 is 2.73 bits per heavy atom. The van der Waals surface area contributed by atoms with E-state index in [1.807, 2.05) is 30.3 Å². The van der Waals surface area contributed by atoms with Crippen LogP contribution in [0.15, 0.2) is 51.9 Å². The van der Waals surface area contributed by atoms with Crippen molar-refractivity contribution < 1.29 is 9.21 Å². The van der Waals surface area contributed by atoms with Gasteiger partial charge in [0.05, 0.1) is 11.0 Å². The molecule has 0 N–H and O–H groups in total. The number of fused-ring (bicyclic) bond motifs is 2. The number of carbonyl (C=O) groups is 1. The van der Waals surface area contributed by atoms with Crippen molar-refractivity contribution >= 4 is 38.3 Å². The zero-order valence-corrected chi connectivity index (χ0v) is 18.9. The van der Waals surface area contributed by atoms with E-state index in [4.69, 9.17) is 9.40 Å². The fraction of sp³-hybridized carbons (Fsp3) is 0.333. The van der Waals surface area contributed by atoms with Crippen LogP contribution in [0.4, 0.5) is 10.8 Å². The number of thiazole rings is 1. The fourth-order valence-corrected chi connectivity index (χ4v) is 5.76. The van der Waals surface area contributed by atoms with Gasteiger partial charge in [0, 0.05) is 25.3 Å². The molecule has 3 aromatic heterocycles. The van der Waals surface area contributed by atoms with Crippen molar-refractivity contribution in [2.75, 3.05) is 29.4 Å². The summed E-state index contributed by atoms with van der Waals surface area (Å²) in [4.78, 5) is 35.2. The maximum atomic E-state index is 13.4. The third kappa shape index (κ3) is 3.52. The molecule has 0 atom stereocenters. The molecular weight excluding hydrogens is 438 g/mol. The number of benzene rings is 1. The van der Waals surface area contributed by atoms with Crippen LogP contribution >= 0.6 is 11.3 Å². The van der Waals surface area contributed by atoms with Crippen molar-refractivity contribution in [2.24, 2.45) is 0 Å². The first-order chi connectivity index (χ1) is 16.2. The molecule has 5 heterocycles. The number of furan rings is 1. The summed E-state index contributed by atoms with van der Waals surface area (Å²) in [5, 5.41) is 5.41. The van der Waals surface area contributed by atoms with E-state index in [1.165, 1.54) is 22.4 Å². The molecule has 0 bridgehead atoms. The van der Waals surface area contributed by atoms with Gasteiger partial charge in [0.1, 0.15) is 12.2 Å². The minimum Gasteiger partial charge on any atom is -0.463 e. The van der Waals surface area contributed by atoms with Gasteiger partial charge in [0.25, 0.3) is 5.56 Å². The fourth-order valence-electron chi connectivity index (χ4n) is 4.66. The average molecular weight is 462 g/mol. The first-order valence-electron chi connectivity index (χ1n) is 11.3. The van der Waals surface area contributed by atoms with Gasteiger partial charge in [0.2, 0.25) is 5.91 Å². The van der Waals surface area contributed by atoms with E-state index >= 15 is 0 Å². The molecule has 168 valence electrons. The van der Waals surface area contributed by atoms with Crippen LogP contribution in [0, 0.1) is 0 Å². The molecule has 33 heavy (non-hydrogen) atoms. The highest BCUT2D eigenvalue weighted by molar-refractivity contribution is 7.22. The third-order valence-corrected chi connectivity index (χ3v) is 7.47. The monoisotopic (exact) mass is 461 g/mol. The van der Waals surface area contributed by atoms with Gasteiger partial charge in [-0.1, -0.05) is 29.5 Å². The van der Waals surface area contributed by atoms with Gasteiger partial charge < -0.3 is 14.2 Å². The average Bonchev–Trinajstić information content (AvgIpc) is 3.61. The van der Waals surface area contributed by atoms with Gasteiger partial charge in [-0.25, -0.2) is 9.67 Å². The molecule has 1 saturated heterocycles. The quantitative estimate of drug-likeness (QED) is 0.461. The molecule has 8 nitrogen and oxygen atoms in total. The van der Waals surface area contributed by atoms with Crippen LogP contribution in [0.2, 0.25) is 0 Å². The van der Waals surface area contributed by atoms with Crippen molar-refractivity contribution in [1.82, 2.24) is 14.8 Å². The highest BCUT2D eigenvalue weighted by Gasteiger charge is 2.27. The summed E-state index contributed by atoms with van der Waals surface area (Å²) in [5.41, 5.74) is 2.59.